The van der Waals surface area contributed by atoms with Crippen molar-refractivity contribution in [3.63, 3.8) is 0 Å². The molecule has 0 amide bonds. The maximum Gasteiger partial charge on any atom is 0.228 e. The highest BCUT2D eigenvalue weighted by atomic mass is 16.5. The van der Waals surface area contributed by atoms with E-state index in [0.29, 0.717) is 12.0 Å². The number of aromatic nitrogens is 2. The molecule has 1 rings (SSSR count). The second kappa shape index (κ2) is 9.08. The Morgan fingerprint density at radius 1 is 1.30 bits per heavy atom. The first-order chi connectivity index (χ1) is 9.51. The molecule has 5 nitrogen and oxygen atoms in total. The predicted molar refractivity (Wildman–Crippen MR) is 81.8 cm³/mol. The van der Waals surface area contributed by atoms with Gasteiger partial charge in [0.1, 0.15) is 0 Å². The summed E-state index contributed by atoms with van der Waals surface area (Å²) in [6.45, 7) is 8.67. The van der Waals surface area contributed by atoms with Gasteiger partial charge >= 0.3 is 0 Å². The van der Waals surface area contributed by atoms with Crippen LogP contribution < -0.4 is 5.32 Å². The van der Waals surface area contributed by atoms with Gasteiger partial charge in [-0.25, -0.2) is 0 Å². The molecule has 0 saturated carbocycles. The summed E-state index contributed by atoms with van der Waals surface area (Å²) in [7, 11) is 4.10. The van der Waals surface area contributed by atoms with Gasteiger partial charge in [-0.05, 0) is 39.4 Å². The van der Waals surface area contributed by atoms with Crippen molar-refractivity contribution in [2.45, 2.75) is 52.5 Å². The summed E-state index contributed by atoms with van der Waals surface area (Å²) in [6.07, 6.45) is 3.95. The molecule has 0 spiro atoms. The lowest BCUT2D eigenvalue weighted by molar-refractivity contribution is 0.333. The molecule has 1 aromatic rings. The normalized spacial score (nSPS) is 13.3. The van der Waals surface area contributed by atoms with Crippen LogP contribution in [0.2, 0.25) is 0 Å². The van der Waals surface area contributed by atoms with Gasteiger partial charge in [0.15, 0.2) is 5.82 Å². The van der Waals surface area contributed by atoms with Crippen LogP contribution in [0.1, 0.15) is 45.3 Å². The van der Waals surface area contributed by atoms with Crippen LogP contribution in [-0.4, -0.2) is 48.3 Å². The summed E-state index contributed by atoms with van der Waals surface area (Å²) in [5, 5.41) is 7.63. The molecule has 1 N–H and O–H groups in total. The van der Waals surface area contributed by atoms with E-state index in [4.69, 9.17) is 4.52 Å². The van der Waals surface area contributed by atoms with Gasteiger partial charge in [-0.15, -0.1) is 0 Å². The van der Waals surface area contributed by atoms with Crippen LogP contribution in [-0.2, 0) is 12.8 Å². The van der Waals surface area contributed by atoms with Crippen LogP contribution in [0.15, 0.2) is 4.52 Å². The van der Waals surface area contributed by atoms with E-state index in [9.17, 15) is 0 Å². The molecular formula is C15H30N4O. The Labute approximate surface area is 123 Å². The Morgan fingerprint density at radius 2 is 2.05 bits per heavy atom. The minimum Gasteiger partial charge on any atom is -0.339 e. The average Bonchev–Trinajstić information content (AvgIpc) is 2.80. The Bertz CT molecular complexity index is 363. The molecule has 20 heavy (non-hydrogen) atoms. The number of rotatable bonds is 10. The van der Waals surface area contributed by atoms with Crippen LogP contribution in [0.5, 0.6) is 0 Å². The van der Waals surface area contributed by atoms with Crippen LogP contribution in [0.4, 0.5) is 0 Å². The summed E-state index contributed by atoms with van der Waals surface area (Å²) in [5.41, 5.74) is 0. The maximum absolute atomic E-state index is 5.37. The maximum atomic E-state index is 5.37. The van der Waals surface area contributed by atoms with Crippen LogP contribution in [0.25, 0.3) is 0 Å². The fraction of sp³-hybridized carbons (Fsp3) is 0.867. The summed E-state index contributed by atoms with van der Waals surface area (Å²) in [5.74, 6) is 2.24. The van der Waals surface area contributed by atoms with Gasteiger partial charge in [0.25, 0.3) is 0 Å². The van der Waals surface area contributed by atoms with Crippen molar-refractivity contribution in [3.8, 4) is 0 Å². The zero-order valence-electron chi connectivity index (χ0n) is 13.6. The van der Waals surface area contributed by atoms with Crippen LogP contribution in [0, 0.1) is 5.92 Å². The SMILES string of the molecule is CCCNC(Cc1nc(CCN(C)C)no1)CC(C)C. The van der Waals surface area contributed by atoms with Crippen molar-refractivity contribution in [2.24, 2.45) is 5.92 Å². The molecule has 1 heterocycles. The standard InChI is InChI=1S/C15H30N4O/c1-6-8-16-13(10-12(2)3)11-15-17-14(18-20-15)7-9-19(4)5/h12-13,16H,6-11H2,1-5H3. The van der Waals surface area contributed by atoms with E-state index in [2.05, 4.69) is 41.1 Å². The minimum absolute atomic E-state index is 0.428. The van der Waals surface area contributed by atoms with Crippen molar-refractivity contribution >= 4 is 0 Å². The van der Waals surface area contributed by atoms with Gasteiger partial charge in [0.05, 0.1) is 0 Å². The Hall–Kier alpha value is -0.940. The third-order valence-electron chi connectivity index (χ3n) is 3.15. The van der Waals surface area contributed by atoms with Crippen molar-refractivity contribution in [3.05, 3.63) is 11.7 Å². The molecule has 0 aliphatic heterocycles. The smallest absolute Gasteiger partial charge is 0.228 e. The minimum atomic E-state index is 0.428. The molecule has 116 valence electrons. The molecule has 5 heteroatoms. The molecule has 0 aliphatic rings. The van der Waals surface area contributed by atoms with Crippen molar-refractivity contribution in [1.82, 2.24) is 20.4 Å². The van der Waals surface area contributed by atoms with E-state index in [1.165, 1.54) is 0 Å². The predicted octanol–water partition coefficient (Wildman–Crippen LogP) is 2.13. The van der Waals surface area contributed by atoms with E-state index in [-0.39, 0.29) is 0 Å². The molecule has 0 fully saturated rings. The van der Waals surface area contributed by atoms with E-state index >= 15 is 0 Å². The van der Waals surface area contributed by atoms with E-state index < -0.39 is 0 Å². The third kappa shape index (κ3) is 7.01. The highest BCUT2D eigenvalue weighted by Gasteiger charge is 2.15. The quantitative estimate of drug-likeness (QED) is 0.712. The third-order valence-corrected chi connectivity index (χ3v) is 3.15. The summed E-state index contributed by atoms with van der Waals surface area (Å²) in [6, 6.07) is 0.428. The number of hydrogen-bond donors (Lipinski definition) is 1. The fourth-order valence-electron chi connectivity index (χ4n) is 2.17. The van der Waals surface area contributed by atoms with Crippen LogP contribution >= 0.6 is 0 Å². The lowest BCUT2D eigenvalue weighted by atomic mass is 10.0. The van der Waals surface area contributed by atoms with Crippen molar-refractivity contribution in [2.75, 3.05) is 27.2 Å². The van der Waals surface area contributed by atoms with Gasteiger partial charge in [0, 0.05) is 25.4 Å². The number of likely N-dealkylation sites (N-methyl/N-ethyl adjacent to an activating group) is 1. The van der Waals surface area contributed by atoms with Gasteiger partial charge in [-0.2, -0.15) is 4.98 Å². The molecule has 0 aromatic carbocycles. The lowest BCUT2D eigenvalue weighted by Gasteiger charge is -2.18. The molecule has 1 aromatic heterocycles. The number of nitrogens with zero attached hydrogens (tertiary/aromatic N) is 3. The van der Waals surface area contributed by atoms with Gasteiger partial charge in [0.2, 0.25) is 5.89 Å². The molecule has 0 bridgehead atoms. The van der Waals surface area contributed by atoms with Crippen molar-refractivity contribution < 1.29 is 4.52 Å². The largest absolute Gasteiger partial charge is 0.339 e. The number of hydrogen-bond acceptors (Lipinski definition) is 5. The molecule has 1 unspecified atom stereocenters. The summed E-state index contributed by atoms with van der Waals surface area (Å²) < 4.78 is 5.37. The fourth-order valence-corrected chi connectivity index (χ4v) is 2.17. The second-order valence-electron chi connectivity index (χ2n) is 6.14. The topological polar surface area (TPSA) is 54.2 Å². The summed E-state index contributed by atoms with van der Waals surface area (Å²) >= 11 is 0. The highest BCUT2D eigenvalue weighted by Crippen LogP contribution is 2.10. The lowest BCUT2D eigenvalue weighted by Crippen LogP contribution is -2.33. The van der Waals surface area contributed by atoms with E-state index in [1.807, 2.05) is 14.1 Å². The molecule has 0 radical (unpaired) electrons. The first kappa shape index (κ1) is 17.1. The zero-order valence-corrected chi connectivity index (χ0v) is 13.6. The molecule has 1 atom stereocenters. The molecule has 0 saturated heterocycles. The van der Waals surface area contributed by atoms with Crippen LogP contribution in [0.3, 0.4) is 0 Å². The Kier molecular flexibility index (Phi) is 7.77. The Balaban J connectivity index is 2.50. The highest BCUT2D eigenvalue weighted by molar-refractivity contribution is 4.90. The summed E-state index contributed by atoms with van der Waals surface area (Å²) in [4.78, 5) is 6.62. The van der Waals surface area contributed by atoms with E-state index in [0.717, 1.165) is 50.5 Å². The van der Waals surface area contributed by atoms with E-state index in [1.54, 1.807) is 0 Å². The molecule has 0 aliphatic carbocycles. The van der Waals surface area contributed by atoms with Crippen molar-refractivity contribution in [1.29, 1.82) is 0 Å². The first-order valence-corrected chi connectivity index (χ1v) is 7.70. The Morgan fingerprint density at radius 3 is 2.65 bits per heavy atom. The average molecular weight is 282 g/mol. The zero-order chi connectivity index (χ0) is 15.0. The second-order valence-corrected chi connectivity index (χ2v) is 6.14. The first-order valence-electron chi connectivity index (χ1n) is 7.70. The molecular weight excluding hydrogens is 252 g/mol. The van der Waals surface area contributed by atoms with Gasteiger partial charge in [-0.3, -0.25) is 0 Å². The monoisotopic (exact) mass is 282 g/mol. The number of nitrogens with one attached hydrogen (secondary N) is 1. The van der Waals surface area contributed by atoms with Gasteiger partial charge in [-0.1, -0.05) is 25.9 Å². The van der Waals surface area contributed by atoms with Gasteiger partial charge < -0.3 is 14.7 Å².